The number of rotatable bonds is 9. The fraction of sp³-hybridized carbons (Fsp3) is 0.310. The van der Waals surface area contributed by atoms with Gasteiger partial charge in [-0.25, -0.2) is 9.97 Å². The molecule has 5 rings (SSSR count). The van der Waals surface area contributed by atoms with E-state index in [0.29, 0.717) is 28.6 Å². The van der Waals surface area contributed by atoms with E-state index in [1.165, 1.54) is 11.1 Å². The summed E-state index contributed by atoms with van der Waals surface area (Å²) in [6, 6.07) is 10.3. The van der Waals surface area contributed by atoms with E-state index in [4.69, 9.17) is 32.9 Å². The number of likely N-dealkylation sites (N-methyl/N-ethyl adjacent to an activating group) is 2. The molecule has 2 aromatic heterocycles. The molecule has 0 radical (unpaired) electrons. The highest BCUT2D eigenvalue weighted by Gasteiger charge is 2.20. The molecule has 14 nitrogen and oxygen atoms in total. The summed E-state index contributed by atoms with van der Waals surface area (Å²) in [5.41, 5.74) is 28.5. The highest BCUT2D eigenvalue weighted by molar-refractivity contribution is 5.98. The van der Waals surface area contributed by atoms with Crippen LogP contribution in [0.15, 0.2) is 53.2 Å². The summed E-state index contributed by atoms with van der Waals surface area (Å²) >= 11 is 0. The smallest absolute Gasteiger partial charge is 0.280 e. The second kappa shape index (κ2) is 13.8. The zero-order valence-electron chi connectivity index (χ0n) is 24.6. The zero-order valence-corrected chi connectivity index (χ0v) is 24.6. The van der Waals surface area contributed by atoms with Crippen LogP contribution in [-0.4, -0.2) is 60.8 Å². The number of nitrogens with one attached hydrogen (secondary N) is 1. The lowest BCUT2D eigenvalue weighted by molar-refractivity contribution is 0.413. The number of methoxy groups -OCH3 is 1. The number of nitrogens with two attached hydrogens (primary N) is 1. The second-order valence-corrected chi connectivity index (χ2v) is 10.1. The van der Waals surface area contributed by atoms with Crippen LogP contribution in [0.5, 0.6) is 5.75 Å². The molecule has 0 aliphatic carbocycles. The third kappa shape index (κ3) is 6.83. The van der Waals surface area contributed by atoms with Crippen LogP contribution in [0.25, 0.3) is 43.0 Å². The van der Waals surface area contributed by atoms with Crippen LogP contribution in [0.3, 0.4) is 0 Å². The van der Waals surface area contributed by atoms with Crippen molar-refractivity contribution in [3.8, 4) is 29.4 Å². The third-order valence-electron chi connectivity index (χ3n) is 7.04. The van der Waals surface area contributed by atoms with Gasteiger partial charge in [0.05, 0.1) is 46.2 Å². The molecule has 0 bridgehead atoms. The maximum Gasteiger partial charge on any atom is 0.280 e. The van der Waals surface area contributed by atoms with Gasteiger partial charge in [0, 0.05) is 61.0 Å². The van der Waals surface area contributed by atoms with E-state index in [0.717, 1.165) is 54.8 Å². The summed E-state index contributed by atoms with van der Waals surface area (Å²) < 4.78 is 8.01. The van der Waals surface area contributed by atoms with Gasteiger partial charge in [-0.05, 0) is 38.6 Å². The predicted octanol–water partition coefficient (Wildman–Crippen LogP) is 5.88. The lowest BCUT2D eigenvalue weighted by atomic mass is 10.0. The van der Waals surface area contributed by atoms with Crippen molar-refractivity contribution >= 4 is 33.9 Å². The second-order valence-electron chi connectivity index (χ2n) is 10.1. The van der Waals surface area contributed by atoms with Crippen LogP contribution in [0.2, 0.25) is 0 Å². The van der Waals surface area contributed by atoms with Crippen LogP contribution < -0.4 is 20.7 Å². The van der Waals surface area contributed by atoms with E-state index in [2.05, 4.69) is 89.3 Å². The molecule has 43 heavy (non-hydrogen) atoms. The molecule has 3 heterocycles. The number of nitrogen functional groups attached to an aromatic ring is 1. The molecule has 1 aliphatic rings. The number of ether oxygens (including phenoxy) is 1. The SMILES string of the molecule is C#Cc1cnc(Nc2cc(N)c(N(C)CCN(C)C)cc2OC)nc1-c1cn2c3c(cccc13)CCC2.[N-]=[N+]=NN=[N+]=[N-]. The number of terminal acetylenes is 1. The Morgan fingerprint density at radius 2 is 1.95 bits per heavy atom. The van der Waals surface area contributed by atoms with E-state index in [1.54, 1.807) is 13.3 Å². The van der Waals surface area contributed by atoms with Gasteiger partial charge in [-0.1, -0.05) is 29.7 Å². The van der Waals surface area contributed by atoms with Crippen molar-refractivity contribution in [1.82, 2.24) is 19.4 Å². The first kappa shape index (κ1) is 30.4. The number of azide groups is 2. The molecule has 0 unspecified atom stereocenters. The van der Waals surface area contributed by atoms with Crippen molar-refractivity contribution in [2.75, 3.05) is 57.3 Å². The number of hydrogen-bond acceptors (Lipinski definition) is 7. The summed E-state index contributed by atoms with van der Waals surface area (Å²) in [5, 5.41) is 9.42. The van der Waals surface area contributed by atoms with Crippen molar-refractivity contribution in [3.63, 3.8) is 0 Å². The monoisotopic (exact) mass is 579 g/mol. The number of benzene rings is 2. The van der Waals surface area contributed by atoms with Crippen molar-refractivity contribution in [3.05, 3.63) is 74.7 Å². The average molecular weight is 580 g/mol. The van der Waals surface area contributed by atoms with E-state index in [1.807, 2.05) is 19.2 Å². The predicted molar refractivity (Wildman–Crippen MR) is 170 cm³/mol. The molecule has 2 aromatic carbocycles. The van der Waals surface area contributed by atoms with Gasteiger partial charge in [-0.2, -0.15) is 4.91 Å². The quantitative estimate of drug-likeness (QED) is 0.0619. The Hall–Kier alpha value is -5.60. The summed E-state index contributed by atoms with van der Waals surface area (Å²) in [6.45, 7) is 2.73. The van der Waals surface area contributed by atoms with Crippen LogP contribution in [-0.2, 0) is 13.0 Å². The van der Waals surface area contributed by atoms with Crippen LogP contribution >= 0.6 is 0 Å². The van der Waals surface area contributed by atoms with Crippen molar-refractivity contribution in [2.45, 2.75) is 19.4 Å². The Labute approximate surface area is 249 Å². The van der Waals surface area contributed by atoms with Gasteiger partial charge in [0.2, 0.25) is 5.95 Å². The summed E-state index contributed by atoms with van der Waals surface area (Å²) in [7, 11) is 7.76. The lowest BCUT2D eigenvalue weighted by Gasteiger charge is -2.24. The molecule has 0 amide bonds. The number of anilines is 4. The summed E-state index contributed by atoms with van der Waals surface area (Å²) in [5.74, 6) is 3.84. The van der Waals surface area contributed by atoms with Gasteiger partial charge in [0.25, 0.3) is 5.22 Å². The minimum Gasteiger partial charge on any atom is -0.494 e. The van der Waals surface area contributed by atoms with Gasteiger partial charge >= 0.3 is 0 Å². The number of aryl methyl sites for hydroxylation is 2. The molecule has 0 fully saturated rings. The summed E-state index contributed by atoms with van der Waals surface area (Å²) in [6.07, 6.45) is 11.9. The minimum atomic E-state index is 0.423. The molecule has 14 heteroatoms. The topological polar surface area (TPSA) is 182 Å². The maximum absolute atomic E-state index is 7.39. The number of para-hydroxylation sites is 1. The van der Waals surface area contributed by atoms with E-state index in [-0.39, 0.29) is 0 Å². The Kier molecular flexibility index (Phi) is 9.78. The van der Waals surface area contributed by atoms with E-state index < -0.39 is 0 Å². The fourth-order valence-corrected chi connectivity index (χ4v) is 5.01. The lowest BCUT2D eigenvalue weighted by Crippen LogP contribution is -2.29. The number of hydrogen-bond donors (Lipinski definition) is 2. The molecule has 1 aliphatic heterocycles. The normalized spacial score (nSPS) is 11.4. The van der Waals surface area contributed by atoms with E-state index in [9.17, 15) is 0 Å². The molecule has 0 saturated carbocycles. The minimum absolute atomic E-state index is 0.423. The first-order chi connectivity index (χ1) is 20.8. The van der Waals surface area contributed by atoms with Gasteiger partial charge in [0.15, 0.2) is 0 Å². The molecular formula is C29H33N13O. The number of nitrogens with zero attached hydrogens (tertiary/aromatic N) is 11. The van der Waals surface area contributed by atoms with Gasteiger partial charge in [-0.15, -0.1) is 12.0 Å². The number of aromatic nitrogens is 3. The third-order valence-corrected chi connectivity index (χ3v) is 7.04. The molecule has 4 aromatic rings. The van der Waals surface area contributed by atoms with Gasteiger partial charge in [0.1, 0.15) is 5.75 Å². The average Bonchev–Trinajstić information content (AvgIpc) is 3.39. The Morgan fingerprint density at radius 1 is 1.19 bits per heavy atom. The molecule has 0 saturated heterocycles. The van der Waals surface area contributed by atoms with Crippen LogP contribution in [0.1, 0.15) is 17.5 Å². The van der Waals surface area contributed by atoms with E-state index >= 15 is 0 Å². The molecule has 220 valence electrons. The molecule has 0 spiro atoms. The molecule has 0 atom stereocenters. The molecule has 3 N–H and O–H groups in total. The van der Waals surface area contributed by atoms with Crippen molar-refractivity contribution < 1.29 is 4.74 Å². The van der Waals surface area contributed by atoms with Crippen molar-refractivity contribution in [2.24, 2.45) is 10.4 Å². The standard InChI is InChI=1S/C29H33N7O.N6/c1-6-19-17-31-29(32-24-15-23(30)25(16-26(24)37-5)35(4)14-13-34(2)3)33-27(19)22-18-36-12-8-10-20-9-7-11-21(22)28(20)36;1-3-5-6-4-2/h1,7,9,11,15-18H,8,10,12-14,30H2,2-5H3,(H,31,32,33);. The summed E-state index contributed by atoms with van der Waals surface area (Å²) in [4.78, 5) is 17.9. The van der Waals surface area contributed by atoms with Crippen molar-refractivity contribution in [1.29, 1.82) is 0 Å². The van der Waals surface area contributed by atoms with Crippen LogP contribution in [0.4, 0.5) is 23.0 Å². The zero-order chi connectivity index (χ0) is 30.9. The first-order valence-electron chi connectivity index (χ1n) is 13.4. The maximum atomic E-state index is 7.39. The Balaban J connectivity index is 0.000000641. The molecular weight excluding hydrogens is 546 g/mol. The van der Waals surface area contributed by atoms with Crippen LogP contribution in [0, 0.1) is 12.3 Å². The Morgan fingerprint density at radius 3 is 2.63 bits per heavy atom. The fourth-order valence-electron chi connectivity index (χ4n) is 5.01. The highest BCUT2D eigenvalue weighted by atomic mass is 16.5. The Bertz CT molecular complexity index is 1740. The van der Waals surface area contributed by atoms with Gasteiger partial charge in [-0.3, -0.25) is 0 Å². The largest absolute Gasteiger partial charge is 0.494 e. The highest BCUT2D eigenvalue weighted by Crippen LogP contribution is 2.38. The van der Waals surface area contributed by atoms with Gasteiger partial charge < -0.3 is 30.2 Å². The first-order valence-corrected chi connectivity index (χ1v) is 13.4.